The van der Waals surface area contributed by atoms with Crippen LogP contribution in [0.4, 0.5) is 11.6 Å². The second-order valence-corrected chi connectivity index (χ2v) is 6.21. The molecule has 1 aromatic heterocycles. The third kappa shape index (κ3) is 5.68. The molecule has 0 fully saturated rings. The van der Waals surface area contributed by atoms with Gasteiger partial charge in [-0.3, -0.25) is 4.79 Å². The molecule has 0 atom stereocenters. The first-order valence-electron chi connectivity index (χ1n) is 9.41. The van der Waals surface area contributed by atoms with E-state index in [9.17, 15) is 4.79 Å². The minimum atomic E-state index is -0.292. The van der Waals surface area contributed by atoms with Gasteiger partial charge in [-0.05, 0) is 43.2 Å². The SMILES string of the molecule is CCOc1ccccc1NC(=O)c1cnc(NCCc2cccc(OC)c2)nc1. The van der Waals surface area contributed by atoms with Crippen molar-refractivity contribution in [2.45, 2.75) is 13.3 Å². The lowest BCUT2D eigenvalue weighted by Gasteiger charge is -2.11. The molecule has 0 saturated heterocycles. The number of amides is 1. The van der Waals surface area contributed by atoms with Gasteiger partial charge < -0.3 is 20.1 Å². The average molecular weight is 392 g/mol. The number of anilines is 2. The minimum absolute atomic E-state index is 0.292. The second kappa shape index (κ2) is 10.1. The highest BCUT2D eigenvalue weighted by atomic mass is 16.5. The topological polar surface area (TPSA) is 85.4 Å². The van der Waals surface area contributed by atoms with Crippen molar-refractivity contribution in [1.82, 2.24) is 9.97 Å². The summed E-state index contributed by atoms with van der Waals surface area (Å²) in [6.45, 7) is 3.08. The van der Waals surface area contributed by atoms with Crippen LogP contribution in [0.3, 0.4) is 0 Å². The zero-order chi connectivity index (χ0) is 20.5. The summed E-state index contributed by atoms with van der Waals surface area (Å²) in [7, 11) is 1.65. The molecule has 1 amide bonds. The van der Waals surface area contributed by atoms with Crippen LogP contribution in [0.1, 0.15) is 22.8 Å². The summed E-state index contributed by atoms with van der Waals surface area (Å²) in [5.74, 6) is 1.64. The van der Waals surface area contributed by atoms with Crippen LogP contribution >= 0.6 is 0 Å². The van der Waals surface area contributed by atoms with Crippen molar-refractivity contribution in [1.29, 1.82) is 0 Å². The van der Waals surface area contributed by atoms with E-state index in [1.54, 1.807) is 13.2 Å². The summed E-state index contributed by atoms with van der Waals surface area (Å²) >= 11 is 0. The van der Waals surface area contributed by atoms with Gasteiger partial charge in [0.1, 0.15) is 11.5 Å². The number of rotatable bonds is 9. The van der Waals surface area contributed by atoms with E-state index >= 15 is 0 Å². The smallest absolute Gasteiger partial charge is 0.258 e. The van der Waals surface area contributed by atoms with Crippen LogP contribution in [-0.4, -0.2) is 36.1 Å². The Hall–Kier alpha value is -3.61. The summed E-state index contributed by atoms with van der Waals surface area (Å²) in [6, 6.07) is 15.2. The highest BCUT2D eigenvalue weighted by Crippen LogP contribution is 2.24. The number of para-hydroxylation sites is 2. The molecule has 1 heterocycles. The molecule has 29 heavy (non-hydrogen) atoms. The number of hydrogen-bond donors (Lipinski definition) is 2. The van der Waals surface area contributed by atoms with Gasteiger partial charge in [0.25, 0.3) is 5.91 Å². The lowest BCUT2D eigenvalue weighted by Crippen LogP contribution is -2.14. The summed E-state index contributed by atoms with van der Waals surface area (Å²) in [6.07, 6.45) is 3.80. The van der Waals surface area contributed by atoms with Crippen molar-refractivity contribution in [2.75, 3.05) is 30.9 Å². The summed E-state index contributed by atoms with van der Waals surface area (Å²) in [5.41, 5.74) is 2.13. The van der Waals surface area contributed by atoms with Gasteiger partial charge >= 0.3 is 0 Å². The number of hydrogen-bond acceptors (Lipinski definition) is 6. The Labute approximate surface area is 170 Å². The molecule has 0 aliphatic heterocycles. The molecule has 0 radical (unpaired) electrons. The van der Waals surface area contributed by atoms with Crippen LogP contribution in [0.5, 0.6) is 11.5 Å². The van der Waals surface area contributed by atoms with E-state index in [4.69, 9.17) is 9.47 Å². The summed E-state index contributed by atoms with van der Waals surface area (Å²) < 4.78 is 10.8. The predicted octanol–water partition coefficient (Wildman–Crippen LogP) is 3.79. The maximum atomic E-state index is 12.5. The molecule has 0 saturated carbocycles. The monoisotopic (exact) mass is 392 g/mol. The van der Waals surface area contributed by atoms with Crippen molar-refractivity contribution in [2.24, 2.45) is 0 Å². The van der Waals surface area contributed by atoms with Gasteiger partial charge in [0, 0.05) is 18.9 Å². The lowest BCUT2D eigenvalue weighted by atomic mass is 10.1. The number of aromatic nitrogens is 2. The molecule has 0 bridgehead atoms. The Kier molecular flexibility index (Phi) is 7.00. The quantitative estimate of drug-likeness (QED) is 0.576. The van der Waals surface area contributed by atoms with Crippen molar-refractivity contribution in [3.8, 4) is 11.5 Å². The van der Waals surface area contributed by atoms with Gasteiger partial charge in [0.2, 0.25) is 5.95 Å². The van der Waals surface area contributed by atoms with Crippen LogP contribution in [0.2, 0.25) is 0 Å². The molecule has 2 aromatic carbocycles. The van der Waals surface area contributed by atoms with Gasteiger partial charge in [-0.25, -0.2) is 9.97 Å². The van der Waals surface area contributed by atoms with Crippen LogP contribution in [0.25, 0.3) is 0 Å². The molecule has 7 heteroatoms. The largest absolute Gasteiger partial charge is 0.497 e. The fraction of sp³-hybridized carbons (Fsp3) is 0.227. The molecule has 0 aliphatic carbocycles. The predicted molar refractivity (Wildman–Crippen MR) is 113 cm³/mol. The number of ether oxygens (including phenoxy) is 2. The number of nitrogens with one attached hydrogen (secondary N) is 2. The third-order valence-corrected chi connectivity index (χ3v) is 4.18. The first kappa shape index (κ1) is 20.1. The maximum Gasteiger partial charge on any atom is 0.258 e. The molecule has 0 spiro atoms. The average Bonchev–Trinajstić information content (AvgIpc) is 2.76. The fourth-order valence-electron chi connectivity index (χ4n) is 2.73. The normalized spacial score (nSPS) is 10.3. The van der Waals surface area contributed by atoms with Crippen LogP contribution in [0.15, 0.2) is 60.9 Å². The number of nitrogens with zero attached hydrogens (tertiary/aromatic N) is 2. The van der Waals surface area contributed by atoms with Crippen molar-refractivity contribution in [3.05, 3.63) is 72.1 Å². The first-order valence-corrected chi connectivity index (χ1v) is 9.41. The summed E-state index contributed by atoms with van der Waals surface area (Å²) in [5, 5.41) is 5.99. The highest BCUT2D eigenvalue weighted by Gasteiger charge is 2.11. The van der Waals surface area contributed by atoms with Gasteiger partial charge in [-0.15, -0.1) is 0 Å². The van der Waals surface area contributed by atoms with Gasteiger partial charge in [0.05, 0.1) is 25.0 Å². The van der Waals surface area contributed by atoms with Crippen LogP contribution in [-0.2, 0) is 6.42 Å². The molecule has 0 unspecified atom stereocenters. The van der Waals surface area contributed by atoms with E-state index in [2.05, 4.69) is 20.6 Å². The highest BCUT2D eigenvalue weighted by molar-refractivity contribution is 6.04. The molecule has 7 nitrogen and oxygen atoms in total. The van der Waals surface area contributed by atoms with Crippen LogP contribution in [0, 0.1) is 0 Å². The molecular weight excluding hydrogens is 368 g/mol. The van der Waals surface area contributed by atoms with Gasteiger partial charge in [-0.2, -0.15) is 0 Å². The third-order valence-electron chi connectivity index (χ3n) is 4.18. The maximum absolute atomic E-state index is 12.5. The van der Waals surface area contributed by atoms with Crippen molar-refractivity contribution < 1.29 is 14.3 Å². The molecule has 150 valence electrons. The first-order chi connectivity index (χ1) is 14.2. The standard InChI is InChI=1S/C22H24N4O3/c1-3-29-20-10-5-4-9-19(20)26-21(27)17-14-24-22(25-15-17)23-12-11-16-7-6-8-18(13-16)28-2/h4-10,13-15H,3,11-12H2,1-2H3,(H,26,27)(H,23,24,25). The van der Waals surface area contributed by atoms with Crippen molar-refractivity contribution in [3.63, 3.8) is 0 Å². The Morgan fingerprint density at radius 1 is 1.07 bits per heavy atom. The number of benzene rings is 2. The Bertz CT molecular complexity index is 945. The van der Waals surface area contributed by atoms with E-state index in [0.29, 0.717) is 36.1 Å². The van der Waals surface area contributed by atoms with Gasteiger partial charge in [-0.1, -0.05) is 24.3 Å². The fourth-order valence-corrected chi connectivity index (χ4v) is 2.73. The van der Waals surface area contributed by atoms with E-state index in [1.165, 1.54) is 12.4 Å². The molecule has 2 N–H and O–H groups in total. The number of carbonyl (C=O) groups excluding carboxylic acids is 1. The van der Waals surface area contributed by atoms with Crippen LogP contribution < -0.4 is 20.1 Å². The molecule has 3 rings (SSSR count). The Morgan fingerprint density at radius 2 is 1.86 bits per heavy atom. The number of carbonyl (C=O) groups is 1. The van der Waals surface area contributed by atoms with E-state index in [-0.39, 0.29) is 5.91 Å². The Morgan fingerprint density at radius 3 is 2.62 bits per heavy atom. The Balaban J connectivity index is 1.55. The molecular formula is C22H24N4O3. The minimum Gasteiger partial charge on any atom is -0.497 e. The van der Waals surface area contributed by atoms with E-state index in [1.807, 2.05) is 49.4 Å². The van der Waals surface area contributed by atoms with Crippen molar-refractivity contribution >= 4 is 17.5 Å². The zero-order valence-electron chi connectivity index (χ0n) is 16.5. The summed E-state index contributed by atoms with van der Waals surface area (Å²) in [4.78, 5) is 20.9. The van der Waals surface area contributed by atoms with E-state index < -0.39 is 0 Å². The van der Waals surface area contributed by atoms with Gasteiger partial charge in [0.15, 0.2) is 0 Å². The lowest BCUT2D eigenvalue weighted by molar-refractivity contribution is 0.102. The second-order valence-electron chi connectivity index (χ2n) is 6.21. The zero-order valence-corrected chi connectivity index (χ0v) is 16.5. The molecule has 3 aromatic rings. The number of methoxy groups -OCH3 is 1. The van der Waals surface area contributed by atoms with E-state index in [0.717, 1.165) is 17.7 Å². The molecule has 0 aliphatic rings.